The lowest BCUT2D eigenvalue weighted by molar-refractivity contribution is -0.0571. The molecule has 2 rings (SSSR count). The molecule has 1 aromatic rings. The van der Waals surface area contributed by atoms with Crippen molar-refractivity contribution in [2.45, 2.75) is 24.9 Å². The minimum atomic E-state index is -0.661. The normalized spacial score (nSPS) is 21.3. The van der Waals surface area contributed by atoms with Crippen LogP contribution >= 0.6 is 15.9 Å². The smallest absolute Gasteiger partial charge is 0.169 e. The van der Waals surface area contributed by atoms with Crippen LogP contribution in [0.4, 0.5) is 0 Å². The van der Waals surface area contributed by atoms with E-state index in [1.54, 1.807) is 0 Å². The summed E-state index contributed by atoms with van der Waals surface area (Å²) in [5, 5.41) is 9.78. The third-order valence-corrected chi connectivity index (χ3v) is 2.64. The van der Waals surface area contributed by atoms with E-state index in [-0.39, 0.29) is 0 Å². The fourth-order valence-corrected chi connectivity index (χ4v) is 1.63. The lowest BCUT2D eigenvalue weighted by Crippen LogP contribution is -2.32. The zero-order valence-electron chi connectivity index (χ0n) is 6.01. The molecule has 11 heavy (non-hydrogen) atoms. The highest BCUT2D eigenvalue weighted by atomic mass is 79.9. The quantitative estimate of drug-likeness (QED) is 0.783. The standard InChI is InChI=1S/C8H9BrO2/c9-7-3-2-6(11-7)8(10)4-1-5-8/h2-3,10H,1,4-5H2. The molecule has 1 saturated carbocycles. The number of furan rings is 1. The summed E-state index contributed by atoms with van der Waals surface area (Å²) in [5.41, 5.74) is -0.661. The molecular formula is C8H9BrO2. The summed E-state index contributed by atoms with van der Waals surface area (Å²) in [6.45, 7) is 0. The molecule has 0 radical (unpaired) electrons. The van der Waals surface area contributed by atoms with E-state index < -0.39 is 5.60 Å². The average Bonchev–Trinajstić information content (AvgIpc) is 2.31. The van der Waals surface area contributed by atoms with Gasteiger partial charge in [0.25, 0.3) is 0 Å². The summed E-state index contributed by atoms with van der Waals surface area (Å²) in [6, 6.07) is 3.63. The minimum absolute atomic E-state index is 0.661. The summed E-state index contributed by atoms with van der Waals surface area (Å²) in [6.07, 6.45) is 2.74. The summed E-state index contributed by atoms with van der Waals surface area (Å²) in [4.78, 5) is 0. The largest absolute Gasteiger partial charge is 0.451 e. The Morgan fingerprint density at radius 3 is 2.55 bits per heavy atom. The van der Waals surface area contributed by atoms with Crippen LogP contribution in [-0.2, 0) is 5.60 Å². The van der Waals surface area contributed by atoms with Crippen molar-refractivity contribution < 1.29 is 9.52 Å². The molecule has 0 unspecified atom stereocenters. The van der Waals surface area contributed by atoms with Crippen molar-refractivity contribution in [3.63, 3.8) is 0 Å². The maximum Gasteiger partial charge on any atom is 0.169 e. The van der Waals surface area contributed by atoms with E-state index in [0.717, 1.165) is 19.3 Å². The molecule has 1 fully saturated rings. The van der Waals surface area contributed by atoms with Gasteiger partial charge in [0.15, 0.2) is 4.67 Å². The molecular weight excluding hydrogens is 208 g/mol. The molecule has 1 aromatic heterocycles. The molecule has 0 spiro atoms. The first-order valence-corrected chi connectivity index (χ1v) is 4.48. The monoisotopic (exact) mass is 216 g/mol. The van der Waals surface area contributed by atoms with Gasteiger partial charge in [0, 0.05) is 0 Å². The molecule has 0 atom stereocenters. The summed E-state index contributed by atoms with van der Waals surface area (Å²) < 4.78 is 5.94. The number of rotatable bonds is 1. The van der Waals surface area contributed by atoms with E-state index in [1.807, 2.05) is 12.1 Å². The van der Waals surface area contributed by atoms with Gasteiger partial charge in [0.05, 0.1) is 0 Å². The third-order valence-electron chi connectivity index (χ3n) is 2.21. The van der Waals surface area contributed by atoms with Gasteiger partial charge >= 0.3 is 0 Å². The number of aliphatic hydroxyl groups is 1. The molecule has 1 N–H and O–H groups in total. The zero-order chi connectivity index (χ0) is 7.90. The van der Waals surface area contributed by atoms with Crippen LogP contribution in [0.5, 0.6) is 0 Å². The fraction of sp³-hybridized carbons (Fsp3) is 0.500. The summed E-state index contributed by atoms with van der Waals surface area (Å²) >= 11 is 3.20. The lowest BCUT2D eigenvalue weighted by Gasteiger charge is -2.34. The highest BCUT2D eigenvalue weighted by Crippen LogP contribution is 2.42. The second kappa shape index (κ2) is 2.35. The average molecular weight is 217 g/mol. The van der Waals surface area contributed by atoms with Crippen LogP contribution in [0, 0.1) is 0 Å². The van der Waals surface area contributed by atoms with Gasteiger partial charge in [0.1, 0.15) is 11.4 Å². The van der Waals surface area contributed by atoms with E-state index in [2.05, 4.69) is 15.9 Å². The van der Waals surface area contributed by atoms with Crippen molar-refractivity contribution in [1.82, 2.24) is 0 Å². The summed E-state index contributed by atoms with van der Waals surface area (Å²) in [5.74, 6) is 0.690. The van der Waals surface area contributed by atoms with Gasteiger partial charge in [-0.3, -0.25) is 0 Å². The van der Waals surface area contributed by atoms with Crippen molar-refractivity contribution in [1.29, 1.82) is 0 Å². The van der Waals surface area contributed by atoms with E-state index in [9.17, 15) is 5.11 Å². The second-order valence-electron chi connectivity index (χ2n) is 2.99. The van der Waals surface area contributed by atoms with Crippen LogP contribution in [0.1, 0.15) is 25.0 Å². The van der Waals surface area contributed by atoms with Crippen molar-refractivity contribution in [2.24, 2.45) is 0 Å². The topological polar surface area (TPSA) is 33.4 Å². The minimum Gasteiger partial charge on any atom is -0.451 e. The Kier molecular flexibility index (Phi) is 1.58. The Morgan fingerprint density at radius 2 is 2.18 bits per heavy atom. The first-order chi connectivity index (χ1) is 5.21. The molecule has 1 heterocycles. The summed E-state index contributed by atoms with van der Waals surface area (Å²) in [7, 11) is 0. The van der Waals surface area contributed by atoms with Crippen LogP contribution < -0.4 is 0 Å². The van der Waals surface area contributed by atoms with E-state index >= 15 is 0 Å². The molecule has 0 saturated heterocycles. The van der Waals surface area contributed by atoms with Gasteiger partial charge in [-0.2, -0.15) is 0 Å². The molecule has 0 amide bonds. The SMILES string of the molecule is OC1(c2ccc(Br)o2)CCC1. The maximum absolute atomic E-state index is 9.78. The first kappa shape index (κ1) is 7.37. The first-order valence-electron chi connectivity index (χ1n) is 3.69. The van der Waals surface area contributed by atoms with Crippen molar-refractivity contribution in [3.8, 4) is 0 Å². The molecule has 3 heteroatoms. The van der Waals surface area contributed by atoms with Gasteiger partial charge in [-0.25, -0.2) is 0 Å². The van der Waals surface area contributed by atoms with E-state index in [0.29, 0.717) is 10.4 Å². The molecule has 2 nitrogen and oxygen atoms in total. The molecule has 60 valence electrons. The number of hydrogen-bond donors (Lipinski definition) is 1. The van der Waals surface area contributed by atoms with E-state index in [1.165, 1.54) is 0 Å². The van der Waals surface area contributed by atoms with Gasteiger partial charge < -0.3 is 9.52 Å². The highest BCUT2D eigenvalue weighted by Gasteiger charge is 2.39. The Balaban J connectivity index is 2.28. The van der Waals surface area contributed by atoms with Crippen LogP contribution in [0.25, 0.3) is 0 Å². The lowest BCUT2D eigenvalue weighted by atomic mass is 9.78. The molecule has 0 aromatic carbocycles. The van der Waals surface area contributed by atoms with Crippen molar-refractivity contribution in [3.05, 3.63) is 22.6 Å². The van der Waals surface area contributed by atoms with Crippen LogP contribution in [0.2, 0.25) is 0 Å². The molecule has 1 aliphatic rings. The predicted octanol–water partition coefficient (Wildman–Crippen LogP) is 2.41. The number of halogens is 1. The number of hydrogen-bond acceptors (Lipinski definition) is 2. The highest BCUT2D eigenvalue weighted by molar-refractivity contribution is 9.10. The maximum atomic E-state index is 9.78. The predicted molar refractivity (Wildman–Crippen MR) is 44.2 cm³/mol. The zero-order valence-corrected chi connectivity index (χ0v) is 7.60. The molecule has 0 aliphatic heterocycles. The molecule has 0 bridgehead atoms. The Bertz CT molecular complexity index is 263. The van der Waals surface area contributed by atoms with Gasteiger partial charge in [0.2, 0.25) is 0 Å². The second-order valence-corrected chi connectivity index (χ2v) is 3.77. The molecule has 1 aliphatic carbocycles. The van der Waals surface area contributed by atoms with Crippen LogP contribution in [-0.4, -0.2) is 5.11 Å². The van der Waals surface area contributed by atoms with Crippen molar-refractivity contribution in [2.75, 3.05) is 0 Å². The third kappa shape index (κ3) is 1.12. The van der Waals surface area contributed by atoms with Crippen molar-refractivity contribution >= 4 is 15.9 Å². The Hall–Kier alpha value is -0.280. The van der Waals surface area contributed by atoms with Gasteiger partial charge in [-0.1, -0.05) is 0 Å². The Morgan fingerprint density at radius 1 is 1.45 bits per heavy atom. The van der Waals surface area contributed by atoms with E-state index in [4.69, 9.17) is 4.42 Å². The fourth-order valence-electron chi connectivity index (χ4n) is 1.32. The van der Waals surface area contributed by atoms with Crippen LogP contribution in [0.3, 0.4) is 0 Å². The Labute approximate surface area is 73.3 Å². The van der Waals surface area contributed by atoms with Gasteiger partial charge in [-0.15, -0.1) is 0 Å². The van der Waals surface area contributed by atoms with Crippen LogP contribution in [0.15, 0.2) is 21.2 Å². The van der Waals surface area contributed by atoms with Gasteiger partial charge in [-0.05, 0) is 47.3 Å².